The van der Waals surface area contributed by atoms with Crippen molar-refractivity contribution in [3.63, 3.8) is 0 Å². The van der Waals surface area contributed by atoms with Crippen LogP contribution in [-0.2, 0) is 9.59 Å². The maximum absolute atomic E-state index is 12.4. The maximum atomic E-state index is 12.4. The van der Waals surface area contributed by atoms with Gasteiger partial charge in [0.1, 0.15) is 0 Å². The van der Waals surface area contributed by atoms with Crippen LogP contribution in [0.25, 0.3) is 0 Å². The Morgan fingerprint density at radius 1 is 0.955 bits per heavy atom. The van der Waals surface area contributed by atoms with Gasteiger partial charge in [0, 0.05) is 38.5 Å². The van der Waals surface area contributed by atoms with E-state index in [-0.39, 0.29) is 5.92 Å². The van der Waals surface area contributed by atoms with E-state index < -0.39 is 0 Å². The molecule has 1 unspecified atom stereocenters. The van der Waals surface area contributed by atoms with Crippen LogP contribution in [0.5, 0.6) is 0 Å². The van der Waals surface area contributed by atoms with Crippen molar-refractivity contribution in [2.24, 2.45) is 17.8 Å². The summed E-state index contributed by atoms with van der Waals surface area (Å²) in [5.41, 5.74) is 0. The molecule has 0 spiro atoms. The Bertz CT molecular complexity index is 381. The molecule has 2 amide bonds. The molecular weight excluding hydrogens is 276 g/mol. The molecule has 2 saturated heterocycles. The molecule has 22 heavy (non-hydrogen) atoms. The molecular formula is C18H32N2O2. The van der Waals surface area contributed by atoms with Crippen LogP contribution in [-0.4, -0.2) is 47.8 Å². The zero-order chi connectivity index (χ0) is 16.1. The molecule has 0 saturated carbocycles. The van der Waals surface area contributed by atoms with E-state index >= 15 is 0 Å². The highest BCUT2D eigenvalue weighted by Gasteiger charge is 2.28. The summed E-state index contributed by atoms with van der Waals surface area (Å²) >= 11 is 0. The highest BCUT2D eigenvalue weighted by atomic mass is 16.2. The zero-order valence-electron chi connectivity index (χ0n) is 14.5. The Kier molecular flexibility index (Phi) is 6.27. The fourth-order valence-corrected chi connectivity index (χ4v) is 3.75. The summed E-state index contributed by atoms with van der Waals surface area (Å²) in [6, 6.07) is 0. The monoisotopic (exact) mass is 308 g/mol. The van der Waals surface area contributed by atoms with Gasteiger partial charge in [0.2, 0.25) is 11.8 Å². The van der Waals surface area contributed by atoms with Crippen LogP contribution in [0, 0.1) is 17.8 Å². The fourth-order valence-electron chi connectivity index (χ4n) is 3.75. The van der Waals surface area contributed by atoms with Crippen LogP contribution in [0.4, 0.5) is 0 Å². The molecule has 1 atom stereocenters. The van der Waals surface area contributed by atoms with Gasteiger partial charge in [0.15, 0.2) is 0 Å². The summed E-state index contributed by atoms with van der Waals surface area (Å²) < 4.78 is 0. The molecule has 126 valence electrons. The average Bonchev–Trinajstić information content (AvgIpc) is 3.00. The predicted molar refractivity (Wildman–Crippen MR) is 88.4 cm³/mol. The number of nitrogens with zero attached hydrogens (tertiary/aromatic N) is 2. The van der Waals surface area contributed by atoms with Crippen LogP contribution < -0.4 is 0 Å². The summed E-state index contributed by atoms with van der Waals surface area (Å²) in [6.45, 7) is 9.92. The molecule has 2 aliphatic rings. The molecule has 0 aromatic heterocycles. The Labute approximate surface area is 135 Å². The lowest BCUT2D eigenvalue weighted by molar-refractivity contribution is -0.136. The molecule has 0 aromatic rings. The second-order valence-electron chi connectivity index (χ2n) is 7.59. The summed E-state index contributed by atoms with van der Waals surface area (Å²) in [7, 11) is 0. The minimum Gasteiger partial charge on any atom is -0.343 e. The van der Waals surface area contributed by atoms with E-state index in [9.17, 15) is 9.59 Å². The molecule has 0 bridgehead atoms. The molecule has 2 rings (SSSR count). The van der Waals surface area contributed by atoms with Gasteiger partial charge in [-0.25, -0.2) is 0 Å². The number of hydrogen-bond acceptors (Lipinski definition) is 2. The van der Waals surface area contributed by atoms with E-state index in [2.05, 4.69) is 20.8 Å². The summed E-state index contributed by atoms with van der Waals surface area (Å²) in [4.78, 5) is 28.5. The molecule has 0 aromatic carbocycles. The van der Waals surface area contributed by atoms with Gasteiger partial charge >= 0.3 is 0 Å². The molecule has 2 heterocycles. The van der Waals surface area contributed by atoms with E-state index in [1.807, 2.05) is 9.80 Å². The smallest absolute Gasteiger partial charge is 0.225 e. The molecule has 0 radical (unpaired) electrons. The molecule has 2 fully saturated rings. The van der Waals surface area contributed by atoms with Gasteiger partial charge < -0.3 is 9.80 Å². The highest BCUT2D eigenvalue weighted by molar-refractivity contribution is 5.78. The quantitative estimate of drug-likeness (QED) is 0.783. The van der Waals surface area contributed by atoms with Crippen LogP contribution >= 0.6 is 0 Å². The normalized spacial score (nSPS) is 21.5. The number of likely N-dealkylation sites (tertiary alicyclic amines) is 2. The molecule has 4 nitrogen and oxygen atoms in total. The number of amides is 2. The average molecular weight is 308 g/mol. The Hall–Kier alpha value is -1.06. The largest absolute Gasteiger partial charge is 0.343 e. The predicted octanol–water partition coefficient (Wildman–Crippen LogP) is 2.92. The minimum absolute atomic E-state index is 0.140. The minimum atomic E-state index is 0.140. The van der Waals surface area contributed by atoms with Crippen molar-refractivity contribution in [2.75, 3.05) is 26.2 Å². The third-order valence-electron chi connectivity index (χ3n) is 5.08. The van der Waals surface area contributed by atoms with E-state index in [0.29, 0.717) is 30.1 Å². The highest BCUT2D eigenvalue weighted by Crippen LogP contribution is 2.26. The van der Waals surface area contributed by atoms with Crippen LogP contribution in [0.1, 0.15) is 59.3 Å². The van der Waals surface area contributed by atoms with Crippen LogP contribution in [0.15, 0.2) is 0 Å². The third-order valence-corrected chi connectivity index (χ3v) is 5.08. The lowest BCUT2D eigenvalue weighted by atomic mass is 9.87. The van der Waals surface area contributed by atoms with E-state index in [1.165, 1.54) is 0 Å². The lowest BCUT2D eigenvalue weighted by Crippen LogP contribution is -2.40. The maximum Gasteiger partial charge on any atom is 0.225 e. The molecule has 2 aliphatic heterocycles. The van der Waals surface area contributed by atoms with Gasteiger partial charge in [-0.1, -0.05) is 20.8 Å². The van der Waals surface area contributed by atoms with Crippen LogP contribution in [0.3, 0.4) is 0 Å². The Morgan fingerprint density at radius 3 is 2.09 bits per heavy atom. The van der Waals surface area contributed by atoms with Gasteiger partial charge in [-0.05, 0) is 43.9 Å². The third kappa shape index (κ3) is 4.72. The van der Waals surface area contributed by atoms with Gasteiger partial charge in [-0.15, -0.1) is 0 Å². The summed E-state index contributed by atoms with van der Waals surface area (Å²) in [5, 5.41) is 0. The molecule has 0 N–H and O–H groups in total. The van der Waals surface area contributed by atoms with Crippen molar-refractivity contribution in [3.8, 4) is 0 Å². The van der Waals surface area contributed by atoms with Gasteiger partial charge in [0.05, 0.1) is 0 Å². The van der Waals surface area contributed by atoms with Crippen molar-refractivity contribution in [2.45, 2.75) is 59.3 Å². The van der Waals surface area contributed by atoms with E-state index in [0.717, 1.165) is 58.3 Å². The second-order valence-corrected chi connectivity index (χ2v) is 7.59. The number of carbonyl (C=O) groups excluding carboxylic acids is 2. The summed E-state index contributed by atoms with van der Waals surface area (Å²) in [6.07, 6.45) is 6.09. The van der Waals surface area contributed by atoms with Gasteiger partial charge in [-0.2, -0.15) is 0 Å². The van der Waals surface area contributed by atoms with Crippen molar-refractivity contribution < 1.29 is 9.59 Å². The van der Waals surface area contributed by atoms with Gasteiger partial charge in [0.25, 0.3) is 0 Å². The Morgan fingerprint density at radius 2 is 1.55 bits per heavy atom. The number of hydrogen-bond donors (Lipinski definition) is 0. The Balaban J connectivity index is 1.72. The first-order valence-electron chi connectivity index (χ1n) is 9.04. The fraction of sp³-hybridized carbons (Fsp3) is 0.889. The second kappa shape index (κ2) is 7.98. The topological polar surface area (TPSA) is 40.6 Å². The molecule has 0 aliphatic carbocycles. The zero-order valence-corrected chi connectivity index (χ0v) is 14.5. The van der Waals surface area contributed by atoms with Crippen molar-refractivity contribution in [3.05, 3.63) is 0 Å². The van der Waals surface area contributed by atoms with Crippen molar-refractivity contribution >= 4 is 11.8 Å². The van der Waals surface area contributed by atoms with Gasteiger partial charge in [-0.3, -0.25) is 9.59 Å². The van der Waals surface area contributed by atoms with Crippen LogP contribution in [0.2, 0.25) is 0 Å². The lowest BCUT2D eigenvalue weighted by Gasteiger charge is -2.34. The number of carbonyl (C=O) groups is 2. The first-order valence-corrected chi connectivity index (χ1v) is 9.04. The number of rotatable bonds is 5. The van der Waals surface area contributed by atoms with Crippen molar-refractivity contribution in [1.82, 2.24) is 9.80 Å². The SMILES string of the molecule is CC(C)CC(=O)N1CCC(CC(C)C(=O)N2CCCC2)CC1. The summed E-state index contributed by atoms with van der Waals surface area (Å²) in [5.74, 6) is 1.82. The van der Waals surface area contributed by atoms with Crippen molar-refractivity contribution in [1.29, 1.82) is 0 Å². The first kappa shape index (κ1) is 17.3. The van der Waals surface area contributed by atoms with E-state index in [1.54, 1.807) is 0 Å². The molecule has 4 heteroatoms. The van der Waals surface area contributed by atoms with E-state index in [4.69, 9.17) is 0 Å². The first-order chi connectivity index (χ1) is 10.5. The standard InChI is InChI=1S/C18H32N2O2/c1-14(2)12-17(21)19-10-6-16(7-11-19)13-15(3)18(22)20-8-4-5-9-20/h14-16H,4-13H2,1-3H3. The number of piperidine rings is 1.